The molecule has 21 nitrogen and oxygen atoms in total. The largest absolute Gasteiger partial charge is 0.412 e. The van der Waals surface area contributed by atoms with Crippen LogP contribution in [0.4, 0.5) is 0 Å². The Morgan fingerprint density at radius 3 is 1.21 bits per heavy atom. The van der Waals surface area contributed by atoms with E-state index in [0.717, 1.165) is 155 Å². The molecule has 0 radical (unpaired) electrons. The Morgan fingerprint density at radius 1 is 0.444 bits per heavy atom. The summed E-state index contributed by atoms with van der Waals surface area (Å²) in [6.07, 6.45) is 41.6. The molecule has 90 heavy (non-hydrogen) atoms. The van der Waals surface area contributed by atoms with Crippen molar-refractivity contribution in [1.82, 2.24) is 34.7 Å². The van der Waals surface area contributed by atoms with Gasteiger partial charge in [-0.3, -0.25) is 4.79 Å². The van der Waals surface area contributed by atoms with Crippen molar-refractivity contribution in [1.29, 1.82) is 0 Å². The molecule has 0 rings (SSSR count). The molecule has 0 aromatic carbocycles. The molecule has 27 heteroatoms. The second-order valence-electron chi connectivity index (χ2n) is 25.5. The summed E-state index contributed by atoms with van der Waals surface area (Å²) >= 11 is 0. The summed E-state index contributed by atoms with van der Waals surface area (Å²) in [5.41, 5.74) is 0. The molecule has 532 valence electrons. The molecule has 0 aliphatic carbocycles. The van der Waals surface area contributed by atoms with Crippen molar-refractivity contribution in [2.24, 2.45) is 10.8 Å². The molecule has 2 atom stereocenters. The van der Waals surface area contributed by atoms with Gasteiger partial charge in [-0.15, -0.1) is 0 Å². The topological polar surface area (TPSA) is 332 Å². The average Bonchev–Trinajstić information content (AvgIpc) is 3.61. The van der Waals surface area contributed by atoms with Crippen molar-refractivity contribution in [3.63, 3.8) is 0 Å². The number of amides is 2. The fourth-order valence-corrected chi connectivity index (χ4v) is 10.7. The Bertz CT molecular complexity index is 1520. The molecule has 0 saturated heterocycles. The Kier molecular flexibility index (Phi) is 77.2. The summed E-state index contributed by atoms with van der Waals surface area (Å²) in [5.74, 6) is 0.464. The summed E-state index contributed by atoms with van der Waals surface area (Å²) < 4.78 is 5.76. The smallest absolute Gasteiger partial charge is 0.219 e. The van der Waals surface area contributed by atoms with Crippen LogP contribution in [0, 0.1) is 5.92 Å². The number of unbranched alkanes of at least 4 members (excludes halogenated alkanes) is 25. The Labute approximate surface area is 554 Å². The third-order valence-corrected chi connectivity index (χ3v) is 17.0. The van der Waals surface area contributed by atoms with Crippen LogP contribution in [0.15, 0.2) is 4.90 Å². The van der Waals surface area contributed by atoms with E-state index >= 15 is 0 Å². The van der Waals surface area contributed by atoms with Gasteiger partial charge in [-0.1, -0.05) is 136 Å². The number of carbonyl (C=O) groups excluding carboxylic acids is 2. The van der Waals surface area contributed by atoms with Crippen LogP contribution in [-0.4, -0.2) is 236 Å². The van der Waals surface area contributed by atoms with Gasteiger partial charge in [0.2, 0.25) is 5.91 Å². The normalized spacial score (nSPS) is 11.9. The SMILES string of the molecule is CCCC(=O)NCCCCCCC(CN=BOCCCCCN(CCCN(C)B(C)O)B(C)O)CN(CCCCN(CCCN(C)B(C)O)B(C)O)B(C)O.CCCCCCCCCCCCCCCCCCCCCCNC(=O)CCC[C@H](O)CO.O.O.O. The van der Waals surface area contributed by atoms with Gasteiger partial charge in [0.1, 0.15) is 0 Å². The minimum atomic E-state index is -0.688. The maximum Gasteiger partial charge on any atom is 0.219 e. The summed E-state index contributed by atoms with van der Waals surface area (Å²) in [4.78, 5) is 38.1. The molecular weight excluding hydrogens is 1140 g/mol. The molecule has 1 unspecified atom stereocenters. The number of hydrogen-bond acceptors (Lipinski definition) is 16. The number of carbonyl (C=O) groups is 2. The van der Waals surface area contributed by atoms with Gasteiger partial charge >= 0.3 is 285 Å². The summed E-state index contributed by atoms with van der Waals surface area (Å²) in [6, 6.07) is 0. The fourth-order valence-electron chi connectivity index (χ4n) is 10.7. The van der Waals surface area contributed by atoms with E-state index in [9.17, 15) is 39.8 Å². The van der Waals surface area contributed by atoms with Crippen LogP contribution in [0.25, 0.3) is 0 Å². The Balaban J connectivity index is -0.000000589. The Hall–Kier alpha value is -1.67. The van der Waals surface area contributed by atoms with Crippen molar-refractivity contribution in [3.8, 4) is 0 Å². The van der Waals surface area contributed by atoms with Crippen LogP contribution in [0.2, 0.25) is 34.1 Å². The van der Waals surface area contributed by atoms with Crippen LogP contribution < -0.4 is 10.6 Å². The molecule has 0 aromatic heterocycles. The summed E-state index contributed by atoms with van der Waals surface area (Å²) in [5, 5.41) is 74.5. The van der Waals surface area contributed by atoms with Crippen LogP contribution in [0.3, 0.4) is 0 Å². The van der Waals surface area contributed by atoms with Crippen molar-refractivity contribution < 1.29 is 66.0 Å². The van der Waals surface area contributed by atoms with Gasteiger partial charge in [0.05, 0.1) is 12.7 Å². The third kappa shape index (κ3) is 66.4. The van der Waals surface area contributed by atoms with Gasteiger partial charge in [-0.25, -0.2) is 0 Å². The monoisotopic (exact) mass is 1290 g/mol. The number of aliphatic hydroxyl groups is 2. The first-order chi connectivity index (χ1) is 41.9. The van der Waals surface area contributed by atoms with Crippen molar-refractivity contribution in [2.75, 3.05) is 99.3 Å². The average molecular weight is 1290 g/mol. The van der Waals surface area contributed by atoms with Crippen molar-refractivity contribution in [3.05, 3.63) is 0 Å². The molecule has 0 spiro atoms. The summed E-state index contributed by atoms with van der Waals surface area (Å²) in [7, 11) is 2.81. The van der Waals surface area contributed by atoms with Gasteiger partial charge in [-0.05, 0) is 52.9 Å². The minimum Gasteiger partial charge on any atom is -0.412 e. The predicted molar refractivity (Wildman–Crippen MR) is 384 cm³/mol. The maximum atomic E-state index is 11.7. The van der Waals surface area contributed by atoms with E-state index in [1.807, 2.05) is 37.5 Å². The minimum absolute atomic E-state index is 0. The fraction of sp³-hybridized carbons (Fsp3) is 0.968. The number of nitrogens with zero attached hydrogens (tertiary/aromatic N) is 6. The quantitative estimate of drug-likeness (QED) is 0.0213. The first-order valence-corrected chi connectivity index (χ1v) is 35.8. The van der Waals surface area contributed by atoms with E-state index in [-0.39, 0.29) is 40.8 Å². The third-order valence-electron chi connectivity index (χ3n) is 17.0. The number of aliphatic hydroxyl groups excluding tert-OH is 2. The molecule has 0 aromatic rings. The molecule has 0 bridgehead atoms. The van der Waals surface area contributed by atoms with Crippen LogP contribution in [0.1, 0.15) is 251 Å². The number of hydrogen-bond donors (Lipinski definition) is 9. The van der Waals surface area contributed by atoms with Crippen LogP contribution in [-0.2, 0) is 14.2 Å². The van der Waals surface area contributed by atoms with Crippen LogP contribution >= 0.6 is 0 Å². The standard InChI is InChI=1S/C35H81B6N7O7.C28H57NO3.3H2O/c1-9-21-35(49)42-23-14-11-10-13-22-34(32-43-36-55-31-18-12-15-26-46(39(4)52)29-19-24-44(7)37(2)50)33-48(41(6)54)28-17-16-27-47(40(5)53)30-20-25-45(8)38(3)51;1-2-3-4-5-6-7-8-9-10-11-12-13-14-15-16-17-18-19-20-21-25-29-28(32)24-22-23-27(31)26-30;;;/h34,50-54H,9-33H2,1-8H3,(H,42,49);27,30-31H,2-26H2,1H3,(H,29,32);3*1H2/t;27-;;;/m.0.../s1. The second kappa shape index (κ2) is 71.6. The molecule has 2 amide bonds. The van der Waals surface area contributed by atoms with Crippen molar-refractivity contribution >= 4 is 54.3 Å². The van der Waals surface area contributed by atoms with E-state index in [2.05, 4.69) is 36.9 Å². The molecule has 0 heterocycles. The zero-order chi connectivity index (χ0) is 65.0. The van der Waals surface area contributed by atoms with E-state index in [4.69, 9.17) is 9.76 Å². The predicted octanol–water partition coefficient (Wildman–Crippen LogP) is 7.31. The zero-order valence-electron chi connectivity index (χ0n) is 59.5. The molecule has 0 aliphatic rings. The number of nitrogens with one attached hydrogen (secondary N) is 2. The molecule has 0 saturated carbocycles. The van der Waals surface area contributed by atoms with Crippen LogP contribution in [0.5, 0.6) is 0 Å². The van der Waals surface area contributed by atoms with Gasteiger partial charge < -0.3 is 46.8 Å². The van der Waals surface area contributed by atoms with E-state index in [1.165, 1.54) is 122 Å². The van der Waals surface area contributed by atoms with Crippen molar-refractivity contribution in [2.45, 2.75) is 292 Å². The first-order valence-electron chi connectivity index (χ1n) is 35.8. The van der Waals surface area contributed by atoms with Gasteiger partial charge in [-0.2, -0.15) is 0 Å². The van der Waals surface area contributed by atoms with Gasteiger partial charge in [0.25, 0.3) is 0 Å². The van der Waals surface area contributed by atoms with Gasteiger partial charge in [0.15, 0.2) is 0 Å². The first kappa shape index (κ1) is 97.0. The van der Waals surface area contributed by atoms with E-state index < -0.39 is 41.4 Å². The Morgan fingerprint density at radius 2 is 0.811 bits per heavy atom. The molecule has 15 N–H and O–H groups in total. The second-order valence-corrected chi connectivity index (χ2v) is 25.5. The molecule has 0 fully saturated rings. The maximum absolute atomic E-state index is 11.7. The molecule has 0 aliphatic heterocycles. The van der Waals surface area contributed by atoms with E-state index in [1.54, 1.807) is 34.6 Å². The molecular formula is C63H144B6N8O13. The van der Waals surface area contributed by atoms with E-state index in [0.29, 0.717) is 38.8 Å². The number of rotatable bonds is 64. The zero-order valence-corrected chi connectivity index (χ0v) is 59.5. The van der Waals surface area contributed by atoms with Gasteiger partial charge in [0, 0.05) is 13.0 Å². The summed E-state index contributed by atoms with van der Waals surface area (Å²) in [6.45, 7) is 21.9.